The third kappa shape index (κ3) is 5.79. The number of carbonyl (C=O) groups is 1. The van der Waals surface area contributed by atoms with Crippen LogP contribution in [0.15, 0.2) is 28.8 Å². The number of aromatic nitrogens is 2. The third-order valence-corrected chi connectivity index (χ3v) is 5.33. The fourth-order valence-corrected chi connectivity index (χ4v) is 3.68. The van der Waals surface area contributed by atoms with Crippen molar-refractivity contribution in [3.05, 3.63) is 41.5 Å². The van der Waals surface area contributed by atoms with Crippen LogP contribution < -0.4 is 10.6 Å². The van der Waals surface area contributed by atoms with Crippen molar-refractivity contribution >= 4 is 11.7 Å². The Morgan fingerprint density at radius 3 is 2.79 bits per heavy atom. The second-order valence-corrected chi connectivity index (χ2v) is 7.45. The summed E-state index contributed by atoms with van der Waals surface area (Å²) in [6.07, 6.45) is 7.78. The Kier molecular flexibility index (Phi) is 7.42. The number of urea groups is 1. The average molecular weight is 386 g/mol. The van der Waals surface area contributed by atoms with E-state index >= 15 is 0 Å². The van der Waals surface area contributed by atoms with Crippen molar-refractivity contribution in [3.8, 4) is 0 Å². The van der Waals surface area contributed by atoms with E-state index in [1.807, 2.05) is 25.1 Å². The first kappa shape index (κ1) is 20.3. The maximum atomic E-state index is 12.3. The van der Waals surface area contributed by atoms with Crippen LogP contribution in [-0.2, 0) is 19.4 Å². The monoisotopic (exact) mass is 385 g/mol. The quantitative estimate of drug-likeness (QED) is 0.723. The molecule has 2 N–H and O–H groups in total. The van der Waals surface area contributed by atoms with Gasteiger partial charge in [0, 0.05) is 37.7 Å². The number of benzene rings is 1. The molecule has 1 saturated carbocycles. The molecule has 152 valence electrons. The molecule has 1 aromatic heterocycles. The molecule has 28 heavy (non-hydrogen) atoms. The van der Waals surface area contributed by atoms with Gasteiger partial charge in [0.1, 0.15) is 0 Å². The highest BCUT2D eigenvalue weighted by Crippen LogP contribution is 2.24. The molecule has 1 aliphatic carbocycles. The Bertz CT molecular complexity index is 755. The molecule has 2 aromatic rings. The van der Waals surface area contributed by atoms with Crippen LogP contribution in [0.3, 0.4) is 0 Å². The normalized spacial score (nSPS) is 15.0. The number of rotatable bonds is 8. The smallest absolute Gasteiger partial charge is 0.319 e. The van der Waals surface area contributed by atoms with Crippen LogP contribution in [-0.4, -0.2) is 40.7 Å². The Balaban J connectivity index is 1.49. The van der Waals surface area contributed by atoms with E-state index < -0.39 is 0 Å². The first-order chi connectivity index (χ1) is 13.7. The van der Waals surface area contributed by atoms with Crippen LogP contribution in [0.2, 0.25) is 0 Å². The van der Waals surface area contributed by atoms with Gasteiger partial charge in [-0.05, 0) is 31.5 Å². The SMILES string of the molecule is CCc1noc(CCNC(=O)Nc2ccccc2CN(C)C2CCCCC2)n1. The van der Waals surface area contributed by atoms with E-state index in [-0.39, 0.29) is 6.03 Å². The molecule has 1 fully saturated rings. The summed E-state index contributed by atoms with van der Waals surface area (Å²) < 4.78 is 5.14. The van der Waals surface area contributed by atoms with Crippen LogP contribution in [0.25, 0.3) is 0 Å². The van der Waals surface area contributed by atoms with Crippen LogP contribution in [0.1, 0.15) is 56.3 Å². The van der Waals surface area contributed by atoms with Crippen molar-refractivity contribution in [1.82, 2.24) is 20.4 Å². The van der Waals surface area contributed by atoms with Crippen molar-refractivity contribution in [2.24, 2.45) is 0 Å². The topological polar surface area (TPSA) is 83.3 Å². The molecule has 0 radical (unpaired) electrons. The van der Waals surface area contributed by atoms with Gasteiger partial charge in [0.25, 0.3) is 0 Å². The van der Waals surface area contributed by atoms with E-state index in [9.17, 15) is 4.79 Å². The number of nitrogens with zero attached hydrogens (tertiary/aromatic N) is 3. The highest BCUT2D eigenvalue weighted by atomic mass is 16.5. The molecule has 0 bridgehead atoms. The minimum atomic E-state index is -0.219. The number of hydrogen-bond donors (Lipinski definition) is 2. The lowest BCUT2D eigenvalue weighted by molar-refractivity contribution is 0.185. The average Bonchev–Trinajstić information content (AvgIpc) is 3.18. The summed E-state index contributed by atoms with van der Waals surface area (Å²) in [7, 11) is 2.18. The van der Waals surface area contributed by atoms with Gasteiger partial charge in [-0.25, -0.2) is 4.79 Å². The summed E-state index contributed by atoms with van der Waals surface area (Å²) in [5.41, 5.74) is 1.99. The molecule has 0 aliphatic heterocycles. The third-order valence-electron chi connectivity index (χ3n) is 5.33. The standard InChI is InChI=1S/C21H31N5O2/c1-3-19-24-20(28-25-19)13-14-22-21(27)23-18-12-8-7-9-16(18)15-26(2)17-10-5-4-6-11-17/h7-9,12,17H,3-6,10-11,13-15H2,1-2H3,(H2,22,23,27). The number of nitrogens with one attached hydrogen (secondary N) is 2. The molecular formula is C21H31N5O2. The first-order valence-electron chi connectivity index (χ1n) is 10.3. The lowest BCUT2D eigenvalue weighted by Crippen LogP contribution is -2.34. The minimum Gasteiger partial charge on any atom is -0.339 e. The summed E-state index contributed by atoms with van der Waals surface area (Å²) in [5, 5.41) is 9.70. The van der Waals surface area contributed by atoms with E-state index in [1.54, 1.807) is 0 Å². The summed E-state index contributed by atoms with van der Waals surface area (Å²) in [5.74, 6) is 1.24. The van der Waals surface area contributed by atoms with Crippen molar-refractivity contribution in [2.45, 2.75) is 64.5 Å². The molecule has 3 rings (SSSR count). The van der Waals surface area contributed by atoms with E-state index in [0.29, 0.717) is 30.7 Å². The number of para-hydroxylation sites is 1. The van der Waals surface area contributed by atoms with Crippen LogP contribution in [0.5, 0.6) is 0 Å². The Morgan fingerprint density at radius 1 is 1.25 bits per heavy atom. The Labute approximate surface area is 166 Å². The number of amides is 2. The molecule has 0 spiro atoms. The van der Waals surface area contributed by atoms with Crippen molar-refractivity contribution < 1.29 is 9.32 Å². The maximum Gasteiger partial charge on any atom is 0.319 e. The lowest BCUT2D eigenvalue weighted by Gasteiger charge is -2.31. The molecule has 0 saturated heterocycles. The fraction of sp³-hybridized carbons (Fsp3) is 0.571. The number of anilines is 1. The highest BCUT2D eigenvalue weighted by molar-refractivity contribution is 5.90. The second-order valence-electron chi connectivity index (χ2n) is 7.45. The van der Waals surface area contributed by atoms with Gasteiger partial charge < -0.3 is 15.2 Å². The number of aryl methyl sites for hydroxylation is 1. The highest BCUT2D eigenvalue weighted by Gasteiger charge is 2.19. The fourth-order valence-electron chi connectivity index (χ4n) is 3.68. The summed E-state index contributed by atoms with van der Waals surface area (Å²) >= 11 is 0. The van der Waals surface area contributed by atoms with Gasteiger partial charge in [0.2, 0.25) is 5.89 Å². The van der Waals surface area contributed by atoms with Crippen LogP contribution in [0, 0.1) is 0 Å². The number of carbonyl (C=O) groups excluding carboxylic acids is 1. The largest absolute Gasteiger partial charge is 0.339 e. The maximum absolute atomic E-state index is 12.3. The van der Waals surface area contributed by atoms with Crippen molar-refractivity contribution in [3.63, 3.8) is 0 Å². The molecule has 1 aliphatic rings. The molecule has 7 heteroatoms. The van der Waals surface area contributed by atoms with E-state index in [4.69, 9.17) is 4.52 Å². The first-order valence-corrected chi connectivity index (χ1v) is 10.3. The zero-order valence-electron chi connectivity index (χ0n) is 16.9. The summed E-state index contributed by atoms with van der Waals surface area (Å²) in [6.45, 7) is 3.26. The number of hydrogen-bond acceptors (Lipinski definition) is 5. The van der Waals surface area contributed by atoms with E-state index in [0.717, 1.165) is 24.2 Å². The lowest BCUT2D eigenvalue weighted by atomic mass is 9.94. The predicted molar refractivity (Wildman–Crippen MR) is 109 cm³/mol. The van der Waals surface area contributed by atoms with Crippen molar-refractivity contribution in [2.75, 3.05) is 18.9 Å². The van der Waals surface area contributed by atoms with E-state index in [1.165, 1.54) is 32.1 Å². The molecule has 0 unspecified atom stereocenters. The molecule has 0 atom stereocenters. The van der Waals surface area contributed by atoms with Gasteiger partial charge in [0.05, 0.1) is 0 Å². The van der Waals surface area contributed by atoms with E-state index in [2.05, 4.69) is 38.8 Å². The Hall–Kier alpha value is -2.41. The predicted octanol–water partition coefficient (Wildman–Crippen LogP) is 3.76. The van der Waals surface area contributed by atoms with Gasteiger partial charge in [0.15, 0.2) is 5.82 Å². The molecule has 7 nitrogen and oxygen atoms in total. The van der Waals surface area contributed by atoms with Crippen LogP contribution >= 0.6 is 0 Å². The van der Waals surface area contributed by atoms with Gasteiger partial charge in [-0.1, -0.05) is 49.5 Å². The minimum absolute atomic E-state index is 0.219. The van der Waals surface area contributed by atoms with Gasteiger partial charge in [-0.2, -0.15) is 4.98 Å². The summed E-state index contributed by atoms with van der Waals surface area (Å²) in [6, 6.07) is 8.42. The molecule has 1 aromatic carbocycles. The Morgan fingerprint density at radius 2 is 2.04 bits per heavy atom. The molecule has 2 amide bonds. The summed E-state index contributed by atoms with van der Waals surface area (Å²) in [4.78, 5) is 19.0. The van der Waals surface area contributed by atoms with Gasteiger partial charge in [-0.15, -0.1) is 0 Å². The van der Waals surface area contributed by atoms with Gasteiger partial charge >= 0.3 is 6.03 Å². The molecular weight excluding hydrogens is 354 g/mol. The zero-order chi connectivity index (χ0) is 19.8. The zero-order valence-corrected chi connectivity index (χ0v) is 16.9. The van der Waals surface area contributed by atoms with Gasteiger partial charge in [-0.3, -0.25) is 4.90 Å². The van der Waals surface area contributed by atoms with Crippen molar-refractivity contribution in [1.29, 1.82) is 0 Å². The molecule has 1 heterocycles. The second kappa shape index (κ2) is 10.2. The van der Waals surface area contributed by atoms with Crippen LogP contribution in [0.4, 0.5) is 10.5 Å².